The lowest BCUT2D eigenvalue weighted by Crippen LogP contribution is -2.29. The van der Waals surface area contributed by atoms with Gasteiger partial charge in [-0.1, -0.05) is 18.2 Å². The first-order valence-corrected chi connectivity index (χ1v) is 12.8. The van der Waals surface area contributed by atoms with E-state index in [1.807, 2.05) is 38.5 Å². The van der Waals surface area contributed by atoms with Crippen LogP contribution in [0.4, 0.5) is 11.4 Å². The summed E-state index contributed by atoms with van der Waals surface area (Å²) < 4.78 is 3.37. The lowest BCUT2D eigenvalue weighted by molar-refractivity contribution is 0.565. The lowest BCUT2D eigenvalue weighted by atomic mass is 9.96. The van der Waals surface area contributed by atoms with Gasteiger partial charge in [-0.25, -0.2) is 0 Å². The second-order valence-electron chi connectivity index (χ2n) is 9.02. The van der Waals surface area contributed by atoms with E-state index < -0.39 is 0 Å². The fraction of sp³-hybridized carbons (Fsp3) is 0.214. The monoisotopic (exact) mass is 545 g/mol. The van der Waals surface area contributed by atoms with Crippen molar-refractivity contribution in [1.29, 1.82) is 0 Å². The summed E-state index contributed by atoms with van der Waals surface area (Å²) in [5.74, 6) is 0. The van der Waals surface area contributed by atoms with Crippen LogP contribution in [0.1, 0.15) is 34.7 Å². The number of nitrogens with one attached hydrogen (secondary N) is 1. The van der Waals surface area contributed by atoms with Gasteiger partial charge in [0, 0.05) is 47.5 Å². The van der Waals surface area contributed by atoms with Crippen LogP contribution < -0.4 is 15.1 Å². The number of anilines is 2. The Bertz CT molecular complexity index is 1360. The maximum absolute atomic E-state index is 5.92. The number of rotatable bonds is 5. The molecule has 2 aromatic heterocycles. The number of thiocarbonyl (C=S) groups is 1. The molecule has 0 radical (unpaired) electrons. The van der Waals surface area contributed by atoms with Crippen molar-refractivity contribution in [2.24, 2.45) is 0 Å². The van der Waals surface area contributed by atoms with Gasteiger partial charge < -0.3 is 19.7 Å². The van der Waals surface area contributed by atoms with E-state index in [2.05, 4.69) is 104 Å². The van der Waals surface area contributed by atoms with Crippen molar-refractivity contribution in [1.82, 2.24) is 14.9 Å². The number of aryl methyl sites for hydroxylation is 1. The summed E-state index contributed by atoms with van der Waals surface area (Å²) in [6.45, 7) is 4.34. The van der Waals surface area contributed by atoms with Gasteiger partial charge in [-0.15, -0.1) is 0 Å². The summed E-state index contributed by atoms with van der Waals surface area (Å²) in [5.41, 5.74) is 7.88. The molecule has 2 aromatic carbocycles. The first-order chi connectivity index (χ1) is 16.9. The van der Waals surface area contributed by atoms with E-state index in [-0.39, 0.29) is 12.1 Å². The number of pyridine rings is 1. The third kappa shape index (κ3) is 4.23. The molecule has 4 aromatic rings. The SMILES string of the molecule is Cc1cc([C@@H]2[C@@H](c3ccccn3)NC(=S)N2c2ccc(N(C)C)cc2)c(C)n1-c1ccccc1Br. The lowest BCUT2D eigenvalue weighted by Gasteiger charge is -2.28. The zero-order valence-corrected chi connectivity index (χ0v) is 22.6. The minimum atomic E-state index is -0.0783. The van der Waals surface area contributed by atoms with Crippen LogP contribution in [0.3, 0.4) is 0 Å². The molecule has 0 saturated carbocycles. The van der Waals surface area contributed by atoms with E-state index in [4.69, 9.17) is 17.2 Å². The van der Waals surface area contributed by atoms with Gasteiger partial charge in [0.25, 0.3) is 0 Å². The van der Waals surface area contributed by atoms with Gasteiger partial charge in [0.1, 0.15) is 0 Å². The maximum atomic E-state index is 5.92. The van der Waals surface area contributed by atoms with Crippen LogP contribution in [0.2, 0.25) is 0 Å². The number of hydrogen-bond acceptors (Lipinski definition) is 3. The number of aromatic nitrogens is 2. The summed E-state index contributed by atoms with van der Waals surface area (Å²) in [7, 11) is 4.10. The molecule has 5 rings (SSSR count). The van der Waals surface area contributed by atoms with E-state index in [0.717, 1.165) is 27.2 Å². The van der Waals surface area contributed by atoms with Crippen molar-refractivity contribution in [2.45, 2.75) is 25.9 Å². The molecule has 1 N–H and O–H groups in total. The molecule has 0 amide bonds. The van der Waals surface area contributed by atoms with Crippen LogP contribution in [0.25, 0.3) is 5.69 Å². The predicted octanol–water partition coefficient (Wildman–Crippen LogP) is 6.49. The van der Waals surface area contributed by atoms with Crippen LogP contribution in [-0.2, 0) is 0 Å². The molecule has 0 aliphatic carbocycles. The molecule has 0 bridgehead atoms. The summed E-state index contributed by atoms with van der Waals surface area (Å²) in [5, 5.41) is 4.28. The normalized spacial score (nSPS) is 17.5. The average Bonchev–Trinajstić information content (AvgIpc) is 3.35. The molecule has 2 atom stereocenters. The number of para-hydroxylation sites is 1. The van der Waals surface area contributed by atoms with Crippen molar-refractivity contribution in [3.63, 3.8) is 0 Å². The first-order valence-electron chi connectivity index (χ1n) is 11.6. The Labute approximate surface area is 220 Å². The van der Waals surface area contributed by atoms with Crippen molar-refractivity contribution in [3.8, 4) is 5.69 Å². The van der Waals surface area contributed by atoms with E-state index in [0.29, 0.717) is 5.11 Å². The number of halogens is 1. The summed E-state index contributed by atoms with van der Waals surface area (Å²) in [4.78, 5) is 9.04. The standard InChI is InChI=1S/C28H28BrN5S/c1-18-17-22(19(2)33(18)25-11-6-5-9-23(25)29)27-26(24-10-7-8-16-30-24)31-28(35)34(27)21-14-12-20(13-15-21)32(3)4/h5-17,26-27H,1-4H3,(H,31,35)/t26-,27-/m1/s1. The molecule has 0 spiro atoms. The molecule has 5 nitrogen and oxygen atoms in total. The molecule has 1 fully saturated rings. The van der Waals surface area contributed by atoms with Crippen molar-refractivity contribution in [3.05, 3.63) is 106 Å². The molecule has 1 aliphatic heterocycles. The topological polar surface area (TPSA) is 36.3 Å². The minimum Gasteiger partial charge on any atom is -0.378 e. The van der Waals surface area contributed by atoms with Crippen LogP contribution in [0.5, 0.6) is 0 Å². The van der Waals surface area contributed by atoms with E-state index in [1.54, 1.807) is 0 Å². The highest BCUT2D eigenvalue weighted by Gasteiger charge is 2.42. The van der Waals surface area contributed by atoms with E-state index in [1.165, 1.54) is 17.0 Å². The van der Waals surface area contributed by atoms with Gasteiger partial charge in [0.05, 0.1) is 23.5 Å². The van der Waals surface area contributed by atoms with E-state index in [9.17, 15) is 0 Å². The van der Waals surface area contributed by atoms with Crippen molar-refractivity contribution in [2.75, 3.05) is 23.9 Å². The molecule has 1 saturated heterocycles. The molecule has 178 valence electrons. The highest BCUT2D eigenvalue weighted by Crippen LogP contribution is 2.44. The Kier molecular flexibility index (Phi) is 6.38. The zero-order valence-electron chi connectivity index (χ0n) is 20.2. The second kappa shape index (κ2) is 9.47. The Morgan fingerprint density at radius 1 is 0.971 bits per heavy atom. The fourth-order valence-electron chi connectivity index (χ4n) is 4.95. The maximum Gasteiger partial charge on any atom is 0.174 e. The van der Waals surface area contributed by atoms with Crippen molar-refractivity contribution >= 4 is 44.6 Å². The minimum absolute atomic E-state index is 0.0509. The van der Waals surface area contributed by atoms with Gasteiger partial charge >= 0.3 is 0 Å². The highest BCUT2D eigenvalue weighted by molar-refractivity contribution is 9.10. The quantitative estimate of drug-likeness (QED) is 0.290. The summed E-state index contributed by atoms with van der Waals surface area (Å²) in [6.07, 6.45) is 1.84. The van der Waals surface area contributed by atoms with E-state index >= 15 is 0 Å². The van der Waals surface area contributed by atoms with Crippen LogP contribution in [-0.4, -0.2) is 28.8 Å². The number of benzene rings is 2. The molecule has 3 heterocycles. The van der Waals surface area contributed by atoms with Crippen LogP contribution in [0.15, 0.2) is 83.5 Å². The molecular weight excluding hydrogens is 518 g/mol. The Morgan fingerprint density at radius 3 is 2.34 bits per heavy atom. The smallest absolute Gasteiger partial charge is 0.174 e. The third-order valence-corrected chi connectivity index (χ3v) is 7.61. The molecule has 0 unspecified atom stereocenters. The molecule has 7 heteroatoms. The second-order valence-corrected chi connectivity index (χ2v) is 10.3. The highest BCUT2D eigenvalue weighted by atomic mass is 79.9. The summed E-state index contributed by atoms with van der Waals surface area (Å²) in [6, 6.07) is 25.1. The number of nitrogens with zero attached hydrogens (tertiary/aromatic N) is 4. The summed E-state index contributed by atoms with van der Waals surface area (Å²) >= 11 is 9.66. The van der Waals surface area contributed by atoms with Gasteiger partial charge in [-0.05, 0) is 102 Å². The van der Waals surface area contributed by atoms with Gasteiger partial charge in [0.15, 0.2) is 5.11 Å². The molecule has 35 heavy (non-hydrogen) atoms. The van der Waals surface area contributed by atoms with Gasteiger partial charge in [-0.2, -0.15) is 0 Å². The van der Waals surface area contributed by atoms with Gasteiger partial charge in [-0.3, -0.25) is 4.98 Å². The predicted molar refractivity (Wildman–Crippen MR) is 152 cm³/mol. The third-order valence-electron chi connectivity index (χ3n) is 6.62. The Balaban J connectivity index is 1.67. The first kappa shape index (κ1) is 23.6. The van der Waals surface area contributed by atoms with Crippen LogP contribution in [0, 0.1) is 13.8 Å². The Morgan fingerprint density at radius 2 is 1.69 bits per heavy atom. The van der Waals surface area contributed by atoms with Crippen molar-refractivity contribution < 1.29 is 0 Å². The molecular formula is C28H28BrN5S. The van der Waals surface area contributed by atoms with Gasteiger partial charge in [0.2, 0.25) is 0 Å². The average molecular weight is 547 g/mol. The largest absolute Gasteiger partial charge is 0.378 e. The zero-order chi connectivity index (χ0) is 24.7. The Hall–Kier alpha value is -3.16. The number of hydrogen-bond donors (Lipinski definition) is 1. The molecule has 1 aliphatic rings. The fourth-order valence-corrected chi connectivity index (χ4v) is 5.76. The van der Waals surface area contributed by atoms with Crippen LogP contribution >= 0.6 is 28.1 Å².